The van der Waals surface area contributed by atoms with Crippen molar-refractivity contribution in [2.45, 2.75) is 6.92 Å². The maximum absolute atomic E-state index is 13.9. The molecule has 0 spiro atoms. The molecular formula is C19H18BrFN2O2. The Morgan fingerprint density at radius 1 is 1.00 bits per heavy atom. The summed E-state index contributed by atoms with van der Waals surface area (Å²) in [6.45, 7) is 3.93. The van der Waals surface area contributed by atoms with Gasteiger partial charge in [-0.1, -0.05) is 15.9 Å². The molecule has 0 aromatic heterocycles. The normalized spacial score (nSPS) is 14.5. The van der Waals surface area contributed by atoms with E-state index in [1.54, 1.807) is 17.9 Å². The van der Waals surface area contributed by atoms with Crippen LogP contribution in [0.3, 0.4) is 0 Å². The van der Waals surface area contributed by atoms with Gasteiger partial charge in [0.1, 0.15) is 5.82 Å². The van der Waals surface area contributed by atoms with Crippen LogP contribution in [0.25, 0.3) is 0 Å². The number of benzene rings is 2. The average Bonchev–Trinajstić information content (AvgIpc) is 2.63. The fourth-order valence-corrected chi connectivity index (χ4v) is 3.27. The first-order chi connectivity index (χ1) is 12.0. The number of hydrogen-bond acceptors (Lipinski definition) is 3. The van der Waals surface area contributed by atoms with Crippen molar-refractivity contribution in [3.05, 3.63) is 63.9 Å². The number of halogens is 2. The zero-order valence-corrected chi connectivity index (χ0v) is 15.4. The number of rotatable bonds is 3. The van der Waals surface area contributed by atoms with E-state index in [1.165, 1.54) is 12.1 Å². The Morgan fingerprint density at radius 3 is 2.24 bits per heavy atom. The standard InChI is InChI=1S/C19H18BrFN2O2/c1-13(24)14-2-5-16(6-3-14)22-8-10-23(11-9-22)19(25)17-12-15(20)4-7-18(17)21/h2-7,12H,8-11H2,1H3. The van der Waals surface area contributed by atoms with Crippen molar-refractivity contribution in [3.63, 3.8) is 0 Å². The zero-order chi connectivity index (χ0) is 18.0. The van der Waals surface area contributed by atoms with E-state index in [1.807, 2.05) is 24.3 Å². The van der Waals surface area contributed by atoms with Crippen LogP contribution in [0.5, 0.6) is 0 Å². The minimum atomic E-state index is -0.504. The monoisotopic (exact) mass is 404 g/mol. The quantitative estimate of drug-likeness (QED) is 0.731. The molecule has 0 aliphatic carbocycles. The van der Waals surface area contributed by atoms with Crippen LogP contribution in [0.2, 0.25) is 0 Å². The van der Waals surface area contributed by atoms with Crippen LogP contribution in [0.15, 0.2) is 46.9 Å². The molecule has 6 heteroatoms. The van der Waals surface area contributed by atoms with Crippen molar-refractivity contribution in [2.24, 2.45) is 0 Å². The molecule has 1 aliphatic heterocycles. The smallest absolute Gasteiger partial charge is 0.256 e. The van der Waals surface area contributed by atoms with Gasteiger partial charge in [-0.05, 0) is 49.4 Å². The lowest BCUT2D eigenvalue weighted by molar-refractivity contribution is 0.0741. The number of ketones is 1. The summed E-state index contributed by atoms with van der Waals surface area (Å²) in [5.41, 5.74) is 1.79. The predicted molar refractivity (Wildman–Crippen MR) is 98.7 cm³/mol. The first-order valence-corrected chi connectivity index (χ1v) is 8.85. The number of nitrogens with zero attached hydrogens (tertiary/aromatic N) is 2. The molecule has 1 fully saturated rings. The van der Waals surface area contributed by atoms with Gasteiger partial charge in [-0.2, -0.15) is 0 Å². The molecule has 130 valence electrons. The Labute approximate surface area is 154 Å². The highest BCUT2D eigenvalue weighted by Gasteiger charge is 2.24. The van der Waals surface area contributed by atoms with E-state index >= 15 is 0 Å². The van der Waals surface area contributed by atoms with Crippen molar-refractivity contribution in [1.82, 2.24) is 4.90 Å². The lowest BCUT2D eigenvalue weighted by Crippen LogP contribution is -2.49. The van der Waals surface area contributed by atoms with Gasteiger partial charge in [-0.25, -0.2) is 4.39 Å². The van der Waals surface area contributed by atoms with Crippen LogP contribution in [0.4, 0.5) is 10.1 Å². The molecule has 3 rings (SSSR count). The van der Waals surface area contributed by atoms with Gasteiger partial charge in [0.25, 0.3) is 5.91 Å². The van der Waals surface area contributed by atoms with E-state index in [0.717, 1.165) is 5.69 Å². The number of Topliss-reactive ketones (excluding diaryl/α,β-unsaturated/α-hetero) is 1. The van der Waals surface area contributed by atoms with Crippen LogP contribution in [0, 0.1) is 5.82 Å². The first-order valence-electron chi connectivity index (χ1n) is 8.06. The number of anilines is 1. The number of piperazine rings is 1. The molecule has 2 aromatic carbocycles. The van der Waals surface area contributed by atoms with Crippen molar-refractivity contribution < 1.29 is 14.0 Å². The Bertz CT molecular complexity index is 800. The molecular weight excluding hydrogens is 387 g/mol. The zero-order valence-electron chi connectivity index (χ0n) is 13.8. The molecule has 1 saturated heterocycles. The van der Waals surface area contributed by atoms with Gasteiger partial charge < -0.3 is 9.80 Å². The highest BCUT2D eigenvalue weighted by molar-refractivity contribution is 9.10. The molecule has 0 saturated carbocycles. The molecule has 0 unspecified atom stereocenters. The second-order valence-corrected chi connectivity index (χ2v) is 6.92. The molecule has 0 atom stereocenters. The van der Waals surface area contributed by atoms with Crippen molar-refractivity contribution in [1.29, 1.82) is 0 Å². The van der Waals surface area contributed by atoms with Gasteiger partial charge in [0.2, 0.25) is 0 Å². The molecule has 1 aliphatic rings. The fourth-order valence-electron chi connectivity index (χ4n) is 2.91. The Morgan fingerprint density at radius 2 is 1.64 bits per heavy atom. The van der Waals surface area contributed by atoms with E-state index in [9.17, 15) is 14.0 Å². The van der Waals surface area contributed by atoms with Gasteiger partial charge in [0, 0.05) is 41.9 Å². The summed E-state index contributed by atoms with van der Waals surface area (Å²) in [5, 5.41) is 0. The van der Waals surface area contributed by atoms with Crippen LogP contribution in [0.1, 0.15) is 27.6 Å². The van der Waals surface area contributed by atoms with Crippen LogP contribution < -0.4 is 4.90 Å². The number of carbonyl (C=O) groups is 2. The fraction of sp³-hybridized carbons (Fsp3) is 0.263. The lowest BCUT2D eigenvalue weighted by Gasteiger charge is -2.36. The molecule has 0 N–H and O–H groups in total. The second kappa shape index (κ2) is 7.35. The maximum Gasteiger partial charge on any atom is 0.256 e. The SMILES string of the molecule is CC(=O)c1ccc(N2CCN(C(=O)c3cc(Br)ccc3F)CC2)cc1. The highest BCUT2D eigenvalue weighted by Crippen LogP contribution is 2.21. The summed E-state index contributed by atoms with van der Waals surface area (Å²) in [4.78, 5) is 27.7. The van der Waals surface area contributed by atoms with Crippen molar-refractivity contribution in [3.8, 4) is 0 Å². The van der Waals surface area contributed by atoms with E-state index < -0.39 is 5.82 Å². The summed E-state index contributed by atoms with van der Waals surface area (Å²) in [7, 11) is 0. The van der Waals surface area contributed by atoms with Crippen LogP contribution in [-0.2, 0) is 0 Å². The minimum Gasteiger partial charge on any atom is -0.368 e. The largest absolute Gasteiger partial charge is 0.368 e. The van der Waals surface area contributed by atoms with Crippen LogP contribution >= 0.6 is 15.9 Å². The van der Waals surface area contributed by atoms with E-state index in [0.29, 0.717) is 36.2 Å². The molecule has 2 aromatic rings. The Hall–Kier alpha value is -2.21. The Balaban J connectivity index is 1.66. The van der Waals surface area contributed by atoms with Gasteiger partial charge in [0.15, 0.2) is 5.78 Å². The second-order valence-electron chi connectivity index (χ2n) is 6.01. The van der Waals surface area contributed by atoms with Crippen LogP contribution in [-0.4, -0.2) is 42.8 Å². The maximum atomic E-state index is 13.9. The van der Waals surface area contributed by atoms with Crippen molar-refractivity contribution >= 4 is 33.3 Å². The third-order valence-corrected chi connectivity index (χ3v) is 4.86. The molecule has 0 bridgehead atoms. The number of amides is 1. The third kappa shape index (κ3) is 3.90. The molecule has 1 heterocycles. The van der Waals surface area contributed by atoms with Gasteiger partial charge in [-0.15, -0.1) is 0 Å². The van der Waals surface area contributed by atoms with Gasteiger partial charge >= 0.3 is 0 Å². The third-order valence-electron chi connectivity index (χ3n) is 4.36. The summed E-state index contributed by atoms with van der Waals surface area (Å²) >= 11 is 3.28. The van der Waals surface area contributed by atoms with E-state index in [4.69, 9.17) is 0 Å². The highest BCUT2D eigenvalue weighted by atomic mass is 79.9. The molecule has 25 heavy (non-hydrogen) atoms. The summed E-state index contributed by atoms with van der Waals surface area (Å²) in [6, 6.07) is 11.9. The lowest BCUT2D eigenvalue weighted by atomic mass is 10.1. The topological polar surface area (TPSA) is 40.6 Å². The first kappa shape index (κ1) is 17.6. The van der Waals surface area contributed by atoms with Gasteiger partial charge in [0.05, 0.1) is 5.56 Å². The van der Waals surface area contributed by atoms with E-state index in [2.05, 4.69) is 20.8 Å². The summed E-state index contributed by atoms with van der Waals surface area (Å²) < 4.78 is 14.6. The van der Waals surface area contributed by atoms with Crippen molar-refractivity contribution in [2.75, 3.05) is 31.1 Å². The predicted octanol–water partition coefficient (Wildman–Crippen LogP) is 3.75. The molecule has 4 nitrogen and oxygen atoms in total. The minimum absolute atomic E-state index is 0.0398. The number of carbonyl (C=O) groups excluding carboxylic acids is 2. The summed E-state index contributed by atoms with van der Waals surface area (Å²) in [6.07, 6.45) is 0. The average molecular weight is 405 g/mol. The molecule has 0 radical (unpaired) electrons. The molecule has 1 amide bonds. The Kier molecular flexibility index (Phi) is 5.18. The van der Waals surface area contributed by atoms with Gasteiger partial charge in [-0.3, -0.25) is 9.59 Å². The van der Waals surface area contributed by atoms with E-state index in [-0.39, 0.29) is 17.3 Å². The summed E-state index contributed by atoms with van der Waals surface area (Å²) in [5.74, 6) is -0.751. The number of hydrogen-bond donors (Lipinski definition) is 0.